The number of hydrogen-bond donors (Lipinski definition) is 1. The minimum absolute atomic E-state index is 0.0195. The van der Waals surface area contributed by atoms with Gasteiger partial charge in [0.1, 0.15) is 0 Å². The lowest BCUT2D eigenvalue weighted by atomic mass is 9.96. The van der Waals surface area contributed by atoms with Crippen LogP contribution in [0.2, 0.25) is 0 Å². The van der Waals surface area contributed by atoms with Crippen molar-refractivity contribution >= 4 is 5.97 Å². The first-order chi connectivity index (χ1) is 9.88. The first-order valence-electron chi connectivity index (χ1n) is 6.93. The second-order valence-electron chi connectivity index (χ2n) is 5.44. The number of alkyl halides is 3. The summed E-state index contributed by atoms with van der Waals surface area (Å²) in [7, 11) is 0. The third kappa shape index (κ3) is 4.20. The van der Waals surface area contributed by atoms with Gasteiger partial charge in [-0.1, -0.05) is 30.3 Å². The maximum Gasteiger partial charge on any atom is 0.393 e. The Bertz CT molecular complexity index is 476. The van der Waals surface area contributed by atoms with E-state index in [2.05, 4.69) is 0 Å². The molecule has 0 saturated carbocycles. The fraction of sp³-hybridized carbons (Fsp3) is 0.533. The zero-order chi connectivity index (χ0) is 15.5. The molecular formula is C15H18F3NO2. The summed E-state index contributed by atoms with van der Waals surface area (Å²) in [6.45, 7) is 0.259. The van der Waals surface area contributed by atoms with E-state index in [0.29, 0.717) is 6.54 Å². The van der Waals surface area contributed by atoms with E-state index in [4.69, 9.17) is 5.11 Å². The molecule has 0 amide bonds. The second-order valence-corrected chi connectivity index (χ2v) is 5.44. The van der Waals surface area contributed by atoms with Crippen molar-refractivity contribution in [2.24, 2.45) is 11.8 Å². The molecule has 0 aromatic heterocycles. The SMILES string of the molecule is O=C(O)[C@@H]1CN(CCCc2ccccc2)C[C@H]1C(F)(F)F. The molecule has 0 aliphatic carbocycles. The van der Waals surface area contributed by atoms with Crippen molar-refractivity contribution in [1.29, 1.82) is 0 Å². The Balaban J connectivity index is 1.86. The Morgan fingerprint density at radius 3 is 2.43 bits per heavy atom. The summed E-state index contributed by atoms with van der Waals surface area (Å²) in [5.41, 5.74) is 1.14. The summed E-state index contributed by atoms with van der Waals surface area (Å²) >= 11 is 0. The van der Waals surface area contributed by atoms with E-state index in [1.54, 1.807) is 4.90 Å². The number of halogens is 3. The maximum absolute atomic E-state index is 12.8. The lowest BCUT2D eigenvalue weighted by molar-refractivity contribution is -0.188. The minimum Gasteiger partial charge on any atom is -0.481 e. The van der Waals surface area contributed by atoms with Crippen LogP contribution in [0, 0.1) is 11.8 Å². The summed E-state index contributed by atoms with van der Waals surface area (Å²) in [4.78, 5) is 12.6. The quantitative estimate of drug-likeness (QED) is 0.909. The summed E-state index contributed by atoms with van der Waals surface area (Å²) in [5.74, 6) is -4.46. The van der Waals surface area contributed by atoms with Gasteiger partial charge in [-0.15, -0.1) is 0 Å². The van der Waals surface area contributed by atoms with Crippen LogP contribution in [0.3, 0.4) is 0 Å². The van der Waals surface area contributed by atoms with Crippen molar-refractivity contribution in [2.75, 3.05) is 19.6 Å². The van der Waals surface area contributed by atoms with Crippen molar-refractivity contribution in [3.63, 3.8) is 0 Å². The summed E-state index contributed by atoms with van der Waals surface area (Å²) in [6.07, 6.45) is -2.94. The molecule has 3 nitrogen and oxygen atoms in total. The van der Waals surface area contributed by atoms with E-state index in [0.717, 1.165) is 18.4 Å². The van der Waals surface area contributed by atoms with Crippen LogP contribution in [0.25, 0.3) is 0 Å². The smallest absolute Gasteiger partial charge is 0.393 e. The molecule has 1 aliphatic heterocycles. The van der Waals surface area contributed by atoms with Gasteiger partial charge in [-0.05, 0) is 24.9 Å². The van der Waals surface area contributed by atoms with Crippen molar-refractivity contribution in [3.8, 4) is 0 Å². The lowest BCUT2D eigenvalue weighted by Crippen LogP contribution is -2.33. The molecule has 1 saturated heterocycles. The Morgan fingerprint density at radius 2 is 1.90 bits per heavy atom. The van der Waals surface area contributed by atoms with Crippen LogP contribution in [-0.2, 0) is 11.2 Å². The highest BCUT2D eigenvalue weighted by Gasteiger charge is 2.52. The molecule has 1 heterocycles. The summed E-state index contributed by atoms with van der Waals surface area (Å²) < 4.78 is 38.5. The van der Waals surface area contributed by atoms with E-state index < -0.39 is 24.0 Å². The van der Waals surface area contributed by atoms with E-state index in [-0.39, 0.29) is 13.1 Å². The molecule has 116 valence electrons. The van der Waals surface area contributed by atoms with Gasteiger partial charge in [-0.25, -0.2) is 0 Å². The topological polar surface area (TPSA) is 40.5 Å². The van der Waals surface area contributed by atoms with E-state index in [1.807, 2.05) is 30.3 Å². The second kappa shape index (κ2) is 6.47. The number of benzene rings is 1. The van der Waals surface area contributed by atoms with Gasteiger partial charge in [0.05, 0.1) is 11.8 Å². The number of aryl methyl sites for hydroxylation is 1. The van der Waals surface area contributed by atoms with Crippen LogP contribution in [0.15, 0.2) is 30.3 Å². The summed E-state index contributed by atoms with van der Waals surface area (Å²) in [5, 5.41) is 8.94. The highest BCUT2D eigenvalue weighted by Crippen LogP contribution is 2.37. The van der Waals surface area contributed by atoms with Gasteiger partial charge in [-0.3, -0.25) is 4.79 Å². The van der Waals surface area contributed by atoms with Gasteiger partial charge in [0, 0.05) is 13.1 Å². The van der Waals surface area contributed by atoms with Crippen molar-refractivity contribution < 1.29 is 23.1 Å². The van der Waals surface area contributed by atoms with Crippen LogP contribution in [0.1, 0.15) is 12.0 Å². The average Bonchev–Trinajstić information content (AvgIpc) is 2.84. The fourth-order valence-corrected chi connectivity index (χ4v) is 2.80. The predicted octanol–water partition coefficient (Wildman–Crippen LogP) is 2.81. The van der Waals surface area contributed by atoms with Crippen LogP contribution < -0.4 is 0 Å². The lowest BCUT2D eigenvalue weighted by Gasteiger charge is -2.18. The van der Waals surface area contributed by atoms with Crippen LogP contribution in [0.5, 0.6) is 0 Å². The first-order valence-corrected chi connectivity index (χ1v) is 6.93. The molecule has 0 spiro atoms. The van der Waals surface area contributed by atoms with Crippen molar-refractivity contribution in [1.82, 2.24) is 4.90 Å². The average molecular weight is 301 g/mol. The number of hydrogen-bond acceptors (Lipinski definition) is 2. The molecule has 0 radical (unpaired) electrons. The molecular weight excluding hydrogens is 283 g/mol. The van der Waals surface area contributed by atoms with Gasteiger partial charge >= 0.3 is 12.1 Å². The van der Waals surface area contributed by atoms with Crippen molar-refractivity contribution in [2.45, 2.75) is 19.0 Å². The third-order valence-corrected chi connectivity index (χ3v) is 3.92. The third-order valence-electron chi connectivity index (χ3n) is 3.92. The predicted molar refractivity (Wildman–Crippen MR) is 71.9 cm³/mol. The standard InChI is InChI=1S/C15H18F3NO2/c16-15(17,18)13-10-19(9-12(13)14(20)21)8-4-7-11-5-2-1-3-6-11/h1-3,5-6,12-13H,4,7-10H2,(H,20,21)/t12-,13-/m1/s1. The van der Waals surface area contributed by atoms with Crippen LogP contribution >= 0.6 is 0 Å². The number of carboxylic acids is 1. The molecule has 2 atom stereocenters. The van der Waals surface area contributed by atoms with E-state index in [9.17, 15) is 18.0 Å². The molecule has 1 aromatic carbocycles. The van der Waals surface area contributed by atoms with Gasteiger partial charge < -0.3 is 10.0 Å². The molecule has 2 rings (SSSR count). The number of likely N-dealkylation sites (tertiary alicyclic amines) is 1. The number of carboxylic acid groups (broad SMARTS) is 1. The van der Waals surface area contributed by atoms with E-state index in [1.165, 1.54) is 0 Å². The molecule has 1 aliphatic rings. The molecule has 1 aromatic rings. The molecule has 1 fully saturated rings. The Kier molecular flexibility index (Phi) is 4.88. The van der Waals surface area contributed by atoms with Crippen molar-refractivity contribution in [3.05, 3.63) is 35.9 Å². The van der Waals surface area contributed by atoms with Gasteiger partial charge in [-0.2, -0.15) is 13.2 Å². The van der Waals surface area contributed by atoms with Crippen LogP contribution in [0.4, 0.5) is 13.2 Å². The number of rotatable bonds is 5. The first kappa shape index (κ1) is 15.8. The number of nitrogens with zero attached hydrogens (tertiary/aromatic N) is 1. The van der Waals surface area contributed by atoms with Crippen LogP contribution in [-0.4, -0.2) is 41.8 Å². The number of carbonyl (C=O) groups is 1. The zero-order valence-electron chi connectivity index (χ0n) is 11.5. The van der Waals surface area contributed by atoms with Gasteiger partial charge in [0.15, 0.2) is 0 Å². The highest BCUT2D eigenvalue weighted by molar-refractivity contribution is 5.71. The molecule has 0 unspecified atom stereocenters. The maximum atomic E-state index is 12.8. The van der Waals surface area contributed by atoms with Gasteiger partial charge in [0.25, 0.3) is 0 Å². The molecule has 1 N–H and O–H groups in total. The largest absolute Gasteiger partial charge is 0.481 e. The molecule has 0 bridgehead atoms. The molecule has 6 heteroatoms. The van der Waals surface area contributed by atoms with Gasteiger partial charge in [0.2, 0.25) is 0 Å². The normalized spacial score (nSPS) is 23.4. The fourth-order valence-electron chi connectivity index (χ4n) is 2.80. The minimum atomic E-state index is -4.45. The molecule has 21 heavy (non-hydrogen) atoms. The zero-order valence-corrected chi connectivity index (χ0v) is 11.5. The number of aliphatic carboxylic acids is 1. The Labute approximate surface area is 121 Å². The highest BCUT2D eigenvalue weighted by atomic mass is 19.4. The Morgan fingerprint density at radius 1 is 1.24 bits per heavy atom. The Hall–Kier alpha value is -1.56. The van der Waals surface area contributed by atoms with E-state index >= 15 is 0 Å². The summed E-state index contributed by atoms with van der Waals surface area (Å²) in [6, 6.07) is 9.71. The monoisotopic (exact) mass is 301 g/mol.